The lowest BCUT2D eigenvalue weighted by atomic mass is 9.88. The van der Waals surface area contributed by atoms with E-state index < -0.39 is 0 Å². The minimum Gasteiger partial charge on any atom is -0.508 e. The summed E-state index contributed by atoms with van der Waals surface area (Å²) < 4.78 is 0. The number of rotatable bonds is 11. The molecule has 0 aliphatic heterocycles. The standard InChI is InChI=1S/C19H32O/c1-3-5-7-8-9-10-14-17(13-6-4-2)18-15-11-12-16-19(18)20/h11-12,15-17,20H,3-10,13-14H2,1-2H3. The molecule has 0 heterocycles. The van der Waals surface area contributed by atoms with E-state index in [1.165, 1.54) is 64.2 Å². The predicted molar refractivity (Wildman–Crippen MR) is 88.4 cm³/mol. The van der Waals surface area contributed by atoms with E-state index >= 15 is 0 Å². The Morgan fingerprint density at radius 1 is 0.800 bits per heavy atom. The average molecular weight is 276 g/mol. The van der Waals surface area contributed by atoms with Crippen LogP contribution in [0.15, 0.2) is 24.3 Å². The highest BCUT2D eigenvalue weighted by Crippen LogP contribution is 2.33. The molecule has 1 aromatic rings. The fourth-order valence-corrected chi connectivity index (χ4v) is 2.91. The van der Waals surface area contributed by atoms with Crippen molar-refractivity contribution in [2.45, 2.75) is 84.0 Å². The Labute approximate surface area is 125 Å². The van der Waals surface area contributed by atoms with Crippen LogP contribution in [0.5, 0.6) is 5.75 Å². The van der Waals surface area contributed by atoms with E-state index in [-0.39, 0.29) is 0 Å². The molecule has 1 aromatic carbocycles. The van der Waals surface area contributed by atoms with Gasteiger partial charge >= 0.3 is 0 Å². The Bertz CT molecular complexity index is 345. The van der Waals surface area contributed by atoms with Gasteiger partial charge in [-0.1, -0.05) is 83.4 Å². The minimum absolute atomic E-state index is 0.486. The maximum Gasteiger partial charge on any atom is 0.119 e. The summed E-state index contributed by atoms with van der Waals surface area (Å²) in [5, 5.41) is 10.1. The van der Waals surface area contributed by atoms with E-state index in [0.29, 0.717) is 11.7 Å². The summed E-state index contributed by atoms with van der Waals surface area (Å²) in [6.07, 6.45) is 13.0. The Kier molecular flexibility index (Phi) is 9.19. The van der Waals surface area contributed by atoms with Crippen LogP contribution in [0.4, 0.5) is 0 Å². The van der Waals surface area contributed by atoms with Gasteiger partial charge in [-0.15, -0.1) is 0 Å². The third-order valence-corrected chi connectivity index (χ3v) is 4.19. The third-order valence-electron chi connectivity index (χ3n) is 4.19. The van der Waals surface area contributed by atoms with Gasteiger partial charge in [-0.2, -0.15) is 0 Å². The summed E-state index contributed by atoms with van der Waals surface area (Å²) in [5.41, 5.74) is 1.16. The van der Waals surface area contributed by atoms with Crippen LogP contribution in [-0.4, -0.2) is 5.11 Å². The van der Waals surface area contributed by atoms with Crippen LogP contribution in [0, 0.1) is 0 Å². The Hall–Kier alpha value is -0.980. The first kappa shape index (κ1) is 17.1. The van der Waals surface area contributed by atoms with E-state index in [4.69, 9.17) is 0 Å². The van der Waals surface area contributed by atoms with Gasteiger partial charge in [-0.3, -0.25) is 0 Å². The molecule has 1 nitrogen and oxygen atoms in total. The fraction of sp³-hybridized carbons (Fsp3) is 0.684. The van der Waals surface area contributed by atoms with E-state index in [2.05, 4.69) is 26.0 Å². The molecule has 0 fully saturated rings. The lowest BCUT2D eigenvalue weighted by Gasteiger charge is -2.18. The minimum atomic E-state index is 0.486. The molecule has 0 saturated heterocycles. The Morgan fingerprint density at radius 2 is 1.40 bits per heavy atom. The van der Waals surface area contributed by atoms with E-state index in [9.17, 15) is 5.11 Å². The summed E-state index contributed by atoms with van der Waals surface area (Å²) in [5.74, 6) is 1.03. The molecule has 0 aliphatic carbocycles. The molecule has 0 bridgehead atoms. The van der Waals surface area contributed by atoms with Gasteiger partial charge in [0.05, 0.1) is 0 Å². The molecule has 1 atom stereocenters. The summed E-state index contributed by atoms with van der Waals surface area (Å²) in [4.78, 5) is 0. The van der Waals surface area contributed by atoms with Crippen molar-refractivity contribution in [2.24, 2.45) is 0 Å². The van der Waals surface area contributed by atoms with Crippen molar-refractivity contribution < 1.29 is 5.11 Å². The van der Waals surface area contributed by atoms with Crippen molar-refractivity contribution in [1.29, 1.82) is 0 Å². The second-order valence-corrected chi connectivity index (χ2v) is 5.95. The van der Waals surface area contributed by atoms with Crippen LogP contribution in [0.3, 0.4) is 0 Å². The highest BCUT2D eigenvalue weighted by Gasteiger charge is 2.14. The number of hydrogen-bond donors (Lipinski definition) is 1. The van der Waals surface area contributed by atoms with Crippen LogP contribution in [0.1, 0.15) is 89.5 Å². The topological polar surface area (TPSA) is 20.2 Å². The normalized spacial score (nSPS) is 12.5. The SMILES string of the molecule is CCCCCCCCC(CCCC)c1ccccc1O. The first-order valence-corrected chi connectivity index (χ1v) is 8.57. The molecule has 114 valence electrons. The van der Waals surface area contributed by atoms with Crippen LogP contribution >= 0.6 is 0 Å². The van der Waals surface area contributed by atoms with Crippen molar-refractivity contribution in [3.63, 3.8) is 0 Å². The second-order valence-electron chi connectivity index (χ2n) is 5.95. The summed E-state index contributed by atoms with van der Waals surface area (Å²) in [7, 11) is 0. The van der Waals surface area contributed by atoms with Crippen LogP contribution in [0.25, 0.3) is 0 Å². The summed E-state index contributed by atoms with van der Waals surface area (Å²) in [6, 6.07) is 7.90. The molecule has 0 saturated carbocycles. The quantitative estimate of drug-likeness (QED) is 0.462. The third kappa shape index (κ3) is 6.45. The first-order chi connectivity index (χ1) is 9.79. The zero-order chi connectivity index (χ0) is 14.6. The van der Waals surface area contributed by atoms with Gasteiger partial charge in [0.15, 0.2) is 0 Å². The highest BCUT2D eigenvalue weighted by atomic mass is 16.3. The number of benzene rings is 1. The van der Waals surface area contributed by atoms with Gasteiger partial charge in [0.2, 0.25) is 0 Å². The lowest BCUT2D eigenvalue weighted by molar-refractivity contribution is 0.442. The zero-order valence-corrected chi connectivity index (χ0v) is 13.4. The van der Waals surface area contributed by atoms with Crippen molar-refractivity contribution in [3.8, 4) is 5.75 Å². The lowest BCUT2D eigenvalue weighted by Crippen LogP contribution is -2.00. The fourth-order valence-electron chi connectivity index (χ4n) is 2.91. The molecule has 0 aromatic heterocycles. The number of phenolic OH excluding ortho intramolecular Hbond substituents is 1. The maximum atomic E-state index is 10.1. The maximum absolute atomic E-state index is 10.1. The number of phenols is 1. The number of para-hydroxylation sites is 1. The van der Waals surface area contributed by atoms with Gasteiger partial charge in [0.25, 0.3) is 0 Å². The molecular weight excluding hydrogens is 244 g/mol. The van der Waals surface area contributed by atoms with Crippen LogP contribution < -0.4 is 0 Å². The highest BCUT2D eigenvalue weighted by molar-refractivity contribution is 5.34. The van der Waals surface area contributed by atoms with Crippen molar-refractivity contribution in [1.82, 2.24) is 0 Å². The Morgan fingerprint density at radius 3 is 2.10 bits per heavy atom. The monoisotopic (exact) mass is 276 g/mol. The number of aromatic hydroxyl groups is 1. The molecule has 0 spiro atoms. The number of unbranched alkanes of at least 4 members (excludes halogenated alkanes) is 6. The van der Waals surface area contributed by atoms with E-state index in [1.807, 2.05) is 12.1 Å². The summed E-state index contributed by atoms with van der Waals surface area (Å²) >= 11 is 0. The van der Waals surface area contributed by atoms with E-state index in [0.717, 1.165) is 5.56 Å². The molecule has 0 amide bonds. The second kappa shape index (κ2) is 10.8. The van der Waals surface area contributed by atoms with Crippen molar-refractivity contribution in [2.75, 3.05) is 0 Å². The molecule has 0 aliphatic rings. The molecule has 1 heteroatoms. The molecule has 1 rings (SSSR count). The van der Waals surface area contributed by atoms with Gasteiger partial charge in [0, 0.05) is 0 Å². The molecule has 1 N–H and O–H groups in total. The van der Waals surface area contributed by atoms with Gasteiger partial charge in [-0.05, 0) is 30.4 Å². The first-order valence-electron chi connectivity index (χ1n) is 8.57. The van der Waals surface area contributed by atoms with Crippen LogP contribution in [0.2, 0.25) is 0 Å². The Balaban J connectivity index is 2.42. The van der Waals surface area contributed by atoms with Crippen molar-refractivity contribution >= 4 is 0 Å². The van der Waals surface area contributed by atoms with E-state index in [1.54, 1.807) is 0 Å². The molecule has 20 heavy (non-hydrogen) atoms. The smallest absolute Gasteiger partial charge is 0.119 e. The molecule has 1 unspecified atom stereocenters. The summed E-state index contributed by atoms with van der Waals surface area (Å²) in [6.45, 7) is 4.51. The van der Waals surface area contributed by atoms with Gasteiger partial charge < -0.3 is 5.11 Å². The van der Waals surface area contributed by atoms with Crippen LogP contribution in [-0.2, 0) is 0 Å². The molecule has 0 radical (unpaired) electrons. The van der Waals surface area contributed by atoms with Gasteiger partial charge in [-0.25, -0.2) is 0 Å². The average Bonchev–Trinajstić information content (AvgIpc) is 2.47. The zero-order valence-electron chi connectivity index (χ0n) is 13.4. The van der Waals surface area contributed by atoms with Gasteiger partial charge in [0.1, 0.15) is 5.75 Å². The van der Waals surface area contributed by atoms with Crippen molar-refractivity contribution in [3.05, 3.63) is 29.8 Å². The largest absolute Gasteiger partial charge is 0.508 e. The molecular formula is C19H32O. The predicted octanol–water partition coefficient (Wildman–Crippen LogP) is 6.42. The number of hydrogen-bond acceptors (Lipinski definition) is 1.